The van der Waals surface area contributed by atoms with Crippen LogP contribution >= 0.6 is 0 Å². The van der Waals surface area contributed by atoms with E-state index in [1.54, 1.807) is 0 Å². The molecule has 0 spiro atoms. The first kappa shape index (κ1) is 57.5. The van der Waals surface area contributed by atoms with Crippen LogP contribution in [0.1, 0.15) is 105 Å². The van der Waals surface area contributed by atoms with Crippen LogP contribution < -0.4 is 9.80 Å². The van der Waals surface area contributed by atoms with Crippen molar-refractivity contribution in [3.05, 3.63) is 277 Å². The summed E-state index contributed by atoms with van der Waals surface area (Å²) < 4.78 is 5.22. The summed E-state index contributed by atoms with van der Waals surface area (Å²) in [6.07, 6.45) is 0. The lowest BCUT2D eigenvalue weighted by molar-refractivity contribution is 0.590. The van der Waals surface area contributed by atoms with Crippen molar-refractivity contribution >= 4 is 132 Å². The number of fused-ring (bicyclic) bond motifs is 14. The standard InChI is InChI=1S/C90H78N4/c1-87(2,3)61-35-41-75(69(49-61)59-33-31-55-23-19-21-25-57(55)47-59)91(65-27-15-13-16-28-65)79-45-39-67-71-53-82-72(54-81(71)93-77-43-37-63(89(7,8)9)51-73(77)83(79)85(67)93)68-40-46-80(84-74-52-64(90(10,11)12)38-44-78(74)94(82)86(68)84)92(66-29-17-14-18-30-66)76-42-36-62(88(4,5)6)50-70(76)60-34-32-56-24-20-22-26-58(56)48-60/h13-54H,1-12H3. The summed E-state index contributed by atoms with van der Waals surface area (Å²) in [4.78, 5) is 5.11. The molecule has 0 aliphatic rings. The maximum absolute atomic E-state index is 2.61. The van der Waals surface area contributed by atoms with Gasteiger partial charge in [0.2, 0.25) is 0 Å². The van der Waals surface area contributed by atoms with Gasteiger partial charge in [0.15, 0.2) is 0 Å². The summed E-state index contributed by atoms with van der Waals surface area (Å²) in [5.74, 6) is 0. The number of anilines is 6. The fourth-order valence-electron chi connectivity index (χ4n) is 15.4. The topological polar surface area (TPSA) is 15.3 Å². The van der Waals surface area contributed by atoms with E-state index in [0.29, 0.717) is 0 Å². The Hall–Kier alpha value is -10.4. The lowest BCUT2D eigenvalue weighted by atomic mass is 9.84. The largest absolute Gasteiger partial charge is 0.309 e. The van der Waals surface area contributed by atoms with Crippen molar-refractivity contribution in [2.75, 3.05) is 9.80 Å². The summed E-state index contributed by atoms with van der Waals surface area (Å²) in [6, 6.07) is 97.3. The Morgan fingerprint density at radius 3 is 0.968 bits per heavy atom. The third kappa shape index (κ3) is 8.93. The van der Waals surface area contributed by atoms with Gasteiger partial charge in [-0.15, -0.1) is 0 Å². The molecule has 0 unspecified atom stereocenters. The van der Waals surface area contributed by atoms with Gasteiger partial charge in [-0.3, -0.25) is 0 Å². The zero-order valence-corrected chi connectivity index (χ0v) is 56.0. The minimum atomic E-state index is -0.0835. The van der Waals surface area contributed by atoms with Gasteiger partial charge in [0.25, 0.3) is 0 Å². The average molecular weight is 1220 g/mol. The summed E-state index contributed by atoms with van der Waals surface area (Å²) in [7, 11) is 0. The molecule has 0 aliphatic carbocycles. The maximum Gasteiger partial charge on any atom is 0.0641 e. The normalized spacial score (nSPS) is 12.9. The molecule has 17 aromatic rings. The van der Waals surface area contributed by atoms with Crippen molar-refractivity contribution in [3.63, 3.8) is 0 Å². The Morgan fingerprint density at radius 1 is 0.245 bits per heavy atom. The van der Waals surface area contributed by atoms with Gasteiger partial charge in [-0.1, -0.05) is 229 Å². The Morgan fingerprint density at radius 2 is 0.585 bits per heavy atom. The zero-order valence-electron chi connectivity index (χ0n) is 56.0. The van der Waals surface area contributed by atoms with Crippen LogP contribution in [-0.4, -0.2) is 8.80 Å². The number of aromatic nitrogens is 2. The van der Waals surface area contributed by atoms with Crippen LogP contribution in [0, 0.1) is 0 Å². The van der Waals surface area contributed by atoms with Gasteiger partial charge in [-0.2, -0.15) is 0 Å². The van der Waals surface area contributed by atoms with E-state index < -0.39 is 0 Å². The summed E-state index contributed by atoms with van der Waals surface area (Å²) in [6.45, 7) is 28.0. The van der Waals surface area contributed by atoms with E-state index in [1.165, 1.54) is 142 Å². The van der Waals surface area contributed by atoms with E-state index in [1.807, 2.05) is 0 Å². The molecule has 0 bridgehead atoms. The van der Waals surface area contributed by atoms with Gasteiger partial charge in [0.1, 0.15) is 0 Å². The van der Waals surface area contributed by atoms with Crippen LogP contribution in [0.2, 0.25) is 0 Å². The summed E-state index contributed by atoms with van der Waals surface area (Å²) >= 11 is 0. The molecule has 94 heavy (non-hydrogen) atoms. The maximum atomic E-state index is 2.61. The number of benzene rings is 13. The van der Waals surface area contributed by atoms with Crippen molar-refractivity contribution in [1.29, 1.82) is 0 Å². The molecule has 0 N–H and O–H groups in total. The van der Waals surface area contributed by atoms with Crippen molar-refractivity contribution in [3.8, 4) is 22.3 Å². The fourth-order valence-corrected chi connectivity index (χ4v) is 15.4. The van der Waals surface area contributed by atoms with Gasteiger partial charge in [0.05, 0.1) is 55.8 Å². The number of para-hydroxylation sites is 2. The average Bonchev–Trinajstić information content (AvgIpc) is 1.51. The van der Waals surface area contributed by atoms with Crippen LogP contribution in [0.4, 0.5) is 34.1 Å². The van der Waals surface area contributed by atoms with Crippen LogP contribution in [0.25, 0.3) is 120 Å². The van der Waals surface area contributed by atoms with E-state index in [0.717, 1.165) is 34.1 Å². The number of nitrogens with zero attached hydrogens (tertiary/aromatic N) is 4. The van der Waals surface area contributed by atoms with Gasteiger partial charge >= 0.3 is 0 Å². The molecule has 0 radical (unpaired) electrons. The predicted molar refractivity (Wildman–Crippen MR) is 406 cm³/mol. The molecule has 17 rings (SSSR count). The summed E-state index contributed by atoms with van der Waals surface area (Å²) in [5, 5.41) is 14.9. The van der Waals surface area contributed by atoms with Crippen LogP contribution in [0.5, 0.6) is 0 Å². The van der Waals surface area contributed by atoms with E-state index in [9.17, 15) is 0 Å². The highest BCUT2D eigenvalue weighted by molar-refractivity contribution is 6.32. The molecule has 0 atom stereocenters. The minimum Gasteiger partial charge on any atom is -0.309 e. The molecule has 0 amide bonds. The van der Waals surface area contributed by atoms with Gasteiger partial charge in [-0.25, -0.2) is 0 Å². The third-order valence-corrected chi connectivity index (χ3v) is 20.5. The molecule has 458 valence electrons. The first-order valence-electron chi connectivity index (χ1n) is 33.6. The van der Waals surface area contributed by atoms with E-state index >= 15 is 0 Å². The van der Waals surface area contributed by atoms with E-state index in [4.69, 9.17) is 0 Å². The molecule has 4 nitrogen and oxygen atoms in total. The Balaban J connectivity index is 0.955. The molecule has 4 heterocycles. The lowest BCUT2D eigenvalue weighted by Crippen LogP contribution is -2.15. The molecule has 13 aromatic carbocycles. The molecule has 0 aliphatic heterocycles. The predicted octanol–water partition coefficient (Wildman–Crippen LogP) is 25.8. The van der Waals surface area contributed by atoms with Gasteiger partial charge in [-0.05, 0) is 186 Å². The van der Waals surface area contributed by atoms with Crippen molar-refractivity contribution in [1.82, 2.24) is 8.80 Å². The monoisotopic (exact) mass is 1210 g/mol. The quantitative estimate of drug-likeness (QED) is 0.151. The van der Waals surface area contributed by atoms with Crippen LogP contribution in [0.15, 0.2) is 255 Å². The molecule has 0 saturated heterocycles. The second-order valence-electron chi connectivity index (χ2n) is 30.7. The molecule has 4 heteroatoms. The van der Waals surface area contributed by atoms with Gasteiger partial charge < -0.3 is 18.6 Å². The second kappa shape index (κ2) is 20.5. The van der Waals surface area contributed by atoms with Crippen molar-refractivity contribution in [2.45, 2.75) is 105 Å². The van der Waals surface area contributed by atoms with Crippen molar-refractivity contribution in [2.24, 2.45) is 0 Å². The number of hydrogen-bond donors (Lipinski definition) is 0. The highest BCUT2D eigenvalue weighted by Gasteiger charge is 2.32. The SMILES string of the molecule is CC(C)(C)c1ccc(N(c2ccccc2)c2ccc3c4cc5c(cc4n4c6ccc(C(C)(C)C)cc6c2c34)c2ccc(N(c3ccccc3)c3ccc(C(C)(C)C)cc3-c3ccc4ccccc4c3)c3c4cc(C(C)(C)C)ccc4n5c23)c(-c2ccc3ccccc3c2)c1. The Kier molecular flexibility index (Phi) is 12.6. The smallest absolute Gasteiger partial charge is 0.0641 e. The van der Waals surface area contributed by atoms with E-state index in [-0.39, 0.29) is 21.7 Å². The highest BCUT2D eigenvalue weighted by atomic mass is 15.2. The van der Waals surface area contributed by atoms with Crippen LogP contribution in [-0.2, 0) is 21.7 Å². The second-order valence-corrected chi connectivity index (χ2v) is 30.7. The van der Waals surface area contributed by atoms with E-state index in [2.05, 4.69) is 356 Å². The number of hydrogen-bond acceptors (Lipinski definition) is 2. The Bertz CT molecular complexity index is 5530. The van der Waals surface area contributed by atoms with Crippen LogP contribution in [0.3, 0.4) is 0 Å². The first-order chi connectivity index (χ1) is 45.2. The Labute approximate surface area is 551 Å². The first-order valence-corrected chi connectivity index (χ1v) is 33.6. The third-order valence-electron chi connectivity index (χ3n) is 20.5. The highest BCUT2D eigenvalue weighted by Crippen LogP contribution is 2.54. The lowest BCUT2D eigenvalue weighted by Gasteiger charge is -2.30. The van der Waals surface area contributed by atoms with Crippen molar-refractivity contribution < 1.29 is 0 Å². The molecular formula is C90H78N4. The fraction of sp³-hybridized carbons (Fsp3) is 0.178. The molecule has 0 fully saturated rings. The molecule has 0 saturated carbocycles. The molecule has 4 aromatic heterocycles. The minimum absolute atomic E-state index is 0.0700. The van der Waals surface area contributed by atoms with Gasteiger partial charge in [0, 0.05) is 65.6 Å². The summed E-state index contributed by atoms with van der Waals surface area (Å²) in [5.41, 5.74) is 23.8. The zero-order chi connectivity index (χ0) is 64.5. The molecular weight excluding hydrogens is 1140 g/mol. The number of rotatable bonds is 8.